The zero-order chi connectivity index (χ0) is 12.2. The molecule has 10 saturated heterocycles. The molecule has 2 nitrogen and oxygen atoms in total. The van der Waals surface area contributed by atoms with Crippen LogP contribution in [0.15, 0.2) is 0 Å². The van der Waals surface area contributed by atoms with Gasteiger partial charge in [-0.1, -0.05) is 0 Å². The summed E-state index contributed by atoms with van der Waals surface area (Å²) < 4.78 is 1.93. The third-order valence-electron chi connectivity index (χ3n) is 16.8. The summed E-state index contributed by atoms with van der Waals surface area (Å²) in [5.74, 6) is 0. The van der Waals surface area contributed by atoms with E-state index in [1.54, 1.807) is 0 Å². The summed E-state index contributed by atoms with van der Waals surface area (Å²) in [7, 11) is 0. The summed E-state index contributed by atoms with van der Waals surface area (Å²) in [5, 5.41) is 18.7. The summed E-state index contributed by atoms with van der Waals surface area (Å²) >= 11 is 0. The van der Waals surface area contributed by atoms with Crippen molar-refractivity contribution in [2.75, 3.05) is 13.2 Å². The molecule has 0 aromatic heterocycles. The maximum atomic E-state index is 9.35. The van der Waals surface area contributed by atoms with E-state index in [0.717, 1.165) is 21.5 Å². The Kier molecular flexibility index (Phi) is 0.315. The van der Waals surface area contributed by atoms with E-state index in [0.29, 0.717) is 13.2 Å². The number of fused-ring (bicyclic) bond motifs is 10. The summed E-state index contributed by atoms with van der Waals surface area (Å²) in [6, 6.07) is 0. The molecule has 0 aromatic rings. The Hall–Kier alpha value is 0.439. The van der Waals surface area contributed by atoms with Crippen LogP contribution in [-0.4, -0.2) is 23.4 Å². The zero-order valence-electron chi connectivity index (χ0n) is 11.1. The topological polar surface area (TPSA) is 40.5 Å². The Morgan fingerprint density at radius 1 is 0.684 bits per heavy atom. The quantitative estimate of drug-likeness (QED) is 0.735. The van der Waals surface area contributed by atoms with Crippen molar-refractivity contribution >= 4 is 0 Å². The normalized spacial score (nSPS) is 112. The molecule has 10 aliphatic rings. The van der Waals surface area contributed by atoms with E-state index in [9.17, 15) is 10.2 Å². The third kappa shape index (κ3) is 0.0891. The predicted octanol–water partition coefficient (Wildman–Crippen LogP) is 3.66. The second-order valence-corrected chi connectivity index (χ2v) is 35.2. The monoisotopic (exact) mass is 302 g/mol. The van der Waals surface area contributed by atoms with Gasteiger partial charge in [-0.05, 0) is 0 Å². The molecule has 3 heteroatoms. The number of aliphatic hydroxyl groups is 2. The first kappa shape index (κ1) is 8.17. The SMILES string of the molecule is OCCC[C]12[CH]3[CH]4[CH]5[CH]1[Fe]45321678[CH]2[CH]1[CH]6[C]7(CCCO)[CH]28. The van der Waals surface area contributed by atoms with Crippen LogP contribution in [0.25, 0.3) is 0 Å². The van der Waals surface area contributed by atoms with Gasteiger partial charge in [-0.25, -0.2) is 0 Å². The average molecular weight is 302 g/mol. The first-order chi connectivity index (χ1) is 9.05. The summed E-state index contributed by atoms with van der Waals surface area (Å²) in [6.07, 6.45) is 5.15. The van der Waals surface area contributed by atoms with Crippen LogP contribution in [-0.2, 0) is 6.51 Å². The molecular weight excluding hydrogens is 280 g/mol. The average Bonchev–Trinajstić information content (AvgIpc) is 3.36. The van der Waals surface area contributed by atoms with Gasteiger partial charge >= 0.3 is 103 Å². The third-order valence-corrected chi connectivity index (χ3v) is 61.0. The van der Waals surface area contributed by atoms with Crippen molar-refractivity contribution < 1.29 is 16.7 Å². The van der Waals surface area contributed by atoms with Gasteiger partial charge in [0, 0.05) is 0 Å². The van der Waals surface area contributed by atoms with Crippen LogP contribution in [0, 0.1) is 0 Å². The van der Waals surface area contributed by atoms with Gasteiger partial charge in [0.05, 0.1) is 0 Å². The van der Waals surface area contributed by atoms with Gasteiger partial charge in [-0.15, -0.1) is 0 Å². The molecule has 0 radical (unpaired) electrons. The fourth-order valence-corrected chi connectivity index (χ4v) is 98.1. The van der Waals surface area contributed by atoms with Gasteiger partial charge in [0.1, 0.15) is 0 Å². The number of hydrogen-bond donors (Lipinski definition) is 2. The Labute approximate surface area is 103 Å². The van der Waals surface area contributed by atoms with Crippen LogP contribution < -0.4 is 0 Å². The Bertz CT molecular complexity index is 919. The van der Waals surface area contributed by atoms with Crippen molar-refractivity contribution in [3.8, 4) is 0 Å². The molecule has 0 aliphatic carbocycles. The molecule has 10 rings (SSSR count). The second-order valence-electron chi connectivity index (χ2n) is 11.7. The molecule has 0 saturated carbocycles. The second kappa shape index (κ2) is 0.734. The molecular formula is C16H22FeO2. The van der Waals surface area contributed by atoms with E-state index in [4.69, 9.17) is 0 Å². The van der Waals surface area contributed by atoms with Crippen LogP contribution in [0.2, 0.25) is 47.2 Å². The Morgan fingerprint density at radius 2 is 1.05 bits per heavy atom. The number of hydrogen-bond acceptors (Lipinski definition) is 2. The minimum atomic E-state index is -3.07. The van der Waals surface area contributed by atoms with Crippen molar-refractivity contribution in [2.45, 2.75) is 72.8 Å². The number of rotatable bonds is 6. The fraction of sp³-hybridized carbons (Fsp3) is 1.00. The first-order valence-corrected chi connectivity index (χ1v) is 14.7. The van der Waals surface area contributed by atoms with Crippen LogP contribution in [0.1, 0.15) is 25.7 Å². The van der Waals surface area contributed by atoms with Gasteiger partial charge in [-0.3, -0.25) is 0 Å². The fourth-order valence-electron chi connectivity index (χ4n) is 19.6. The van der Waals surface area contributed by atoms with E-state index in [1.165, 1.54) is 51.4 Å². The zero-order valence-corrected chi connectivity index (χ0v) is 12.2. The van der Waals surface area contributed by atoms with E-state index < -0.39 is 6.51 Å². The molecule has 2 N–H and O–H groups in total. The summed E-state index contributed by atoms with van der Waals surface area (Å²) in [4.78, 5) is 10.9. The van der Waals surface area contributed by atoms with Crippen LogP contribution in [0.5, 0.6) is 0 Å². The van der Waals surface area contributed by atoms with Gasteiger partial charge in [-0.2, -0.15) is 0 Å². The molecule has 106 valence electrons. The van der Waals surface area contributed by atoms with Gasteiger partial charge in [0.2, 0.25) is 0 Å². The molecule has 8 unspecified atom stereocenters. The van der Waals surface area contributed by atoms with E-state index >= 15 is 0 Å². The van der Waals surface area contributed by atoms with Crippen LogP contribution >= 0.6 is 0 Å². The predicted molar refractivity (Wildman–Crippen MR) is 68.0 cm³/mol. The van der Waals surface area contributed by atoms with Crippen LogP contribution in [0.3, 0.4) is 0 Å². The van der Waals surface area contributed by atoms with Crippen molar-refractivity contribution in [3.63, 3.8) is 0 Å². The van der Waals surface area contributed by atoms with Crippen molar-refractivity contribution in [2.24, 2.45) is 0 Å². The molecule has 0 aromatic carbocycles. The standard InChI is InChI=1S/2C8H11O.Fe/c2*9-7-3-6-8-4-1-2-5-8;/h2*1-2,4-5,9H,3,6-7H2;. The molecule has 10 aliphatic heterocycles. The summed E-state index contributed by atoms with van der Waals surface area (Å²) in [5.41, 5.74) is 0. The first-order valence-electron chi connectivity index (χ1n) is 8.48. The van der Waals surface area contributed by atoms with Gasteiger partial charge in [0.25, 0.3) is 0 Å². The van der Waals surface area contributed by atoms with E-state index in [-0.39, 0.29) is 0 Å². The van der Waals surface area contributed by atoms with Crippen molar-refractivity contribution in [1.29, 1.82) is 0 Å². The maximum absolute atomic E-state index is 9.35. The Morgan fingerprint density at radius 3 is 1.32 bits per heavy atom. The minimum absolute atomic E-state index is 0.442. The molecule has 0 amide bonds. The summed E-state index contributed by atoms with van der Waals surface area (Å²) in [6.45, 7) is -2.19. The van der Waals surface area contributed by atoms with E-state index in [1.807, 2.05) is 0 Å². The van der Waals surface area contributed by atoms with Crippen LogP contribution in [0.4, 0.5) is 0 Å². The molecule has 10 heterocycles. The Balaban J connectivity index is 1.40. The van der Waals surface area contributed by atoms with Crippen molar-refractivity contribution in [3.05, 3.63) is 0 Å². The van der Waals surface area contributed by atoms with Gasteiger partial charge in [0.15, 0.2) is 0 Å². The molecule has 10 fully saturated rings. The molecule has 0 bridgehead atoms. The molecule has 19 heavy (non-hydrogen) atoms. The van der Waals surface area contributed by atoms with E-state index in [2.05, 4.69) is 0 Å². The molecule has 1 spiro atoms. The number of aliphatic hydroxyl groups excluding tert-OH is 2. The molecule has 8 atom stereocenters. The van der Waals surface area contributed by atoms with Gasteiger partial charge < -0.3 is 0 Å². The van der Waals surface area contributed by atoms with Crippen molar-refractivity contribution in [1.82, 2.24) is 0 Å².